The first-order valence-electron chi connectivity index (χ1n) is 4.93. The van der Waals surface area contributed by atoms with E-state index in [0.29, 0.717) is 10.5 Å². The van der Waals surface area contributed by atoms with E-state index in [1.54, 1.807) is 30.3 Å². The van der Waals surface area contributed by atoms with E-state index < -0.39 is 5.75 Å². The molecule has 0 amide bonds. The van der Waals surface area contributed by atoms with Crippen molar-refractivity contribution in [3.63, 3.8) is 0 Å². The molecule has 0 fully saturated rings. The minimum Gasteiger partial charge on any atom is -0.594 e. The lowest BCUT2D eigenvalue weighted by Gasteiger charge is -2.01. The summed E-state index contributed by atoms with van der Waals surface area (Å²) in [6.07, 6.45) is 0. The average molecular weight is 230 g/mol. The van der Waals surface area contributed by atoms with Crippen LogP contribution in [0.25, 0.3) is 0 Å². The molecule has 0 spiro atoms. The van der Waals surface area contributed by atoms with Crippen LogP contribution >= 0.6 is 0 Å². The largest absolute Gasteiger partial charge is 0.594 e. The van der Waals surface area contributed by atoms with Gasteiger partial charge in [-0.1, -0.05) is 24.3 Å². The van der Waals surface area contributed by atoms with Gasteiger partial charge in [-0.25, -0.2) is 0 Å². The zero-order chi connectivity index (χ0) is 12.3. The summed E-state index contributed by atoms with van der Waals surface area (Å²) in [5.41, 5.74) is 0.360. The molecule has 2 aromatic rings. The highest BCUT2D eigenvalue weighted by Gasteiger charge is 2.09. The molecule has 5 nitrogen and oxygen atoms in total. The maximum absolute atomic E-state index is 11.6. The van der Waals surface area contributed by atoms with Crippen LogP contribution < -0.4 is 0 Å². The molecule has 0 atom stereocenters. The predicted octanol–water partition coefficient (Wildman–Crippen LogP) is 3.02. The zero-order valence-corrected chi connectivity index (χ0v) is 8.82. The molecule has 2 N–H and O–H groups in total. The van der Waals surface area contributed by atoms with Crippen LogP contribution in [-0.4, -0.2) is 15.1 Å². The Morgan fingerprint density at radius 2 is 1.65 bits per heavy atom. The Labute approximate surface area is 97.5 Å². The summed E-state index contributed by atoms with van der Waals surface area (Å²) in [5, 5.41) is 34.0. The molecular formula is C12H10N2O3. The molecule has 0 bridgehead atoms. The minimum absolute atomic E-state index is 0.0175. The predicted molar refractivity (Wildman–Crippen MR) is 61.6 cm³/mol. The summed E-state index contributed by atoms with van der Waals surface area (Å²) < 4.78 is 0. The number of para-hydroxylation sites is 2. The number of benzene rings is 2. The molecular weight excluding hydrogens is 220 g/mol. The molecule has 0 saturated heterocycles. The molecule has 0 aliphatic heterocycles. The quantitative estimate of drug-likeness (QED) is 0.360. The molecule has 17 heavy (non-hydrogen) atoms. The molecule has 2 aromatic carbocycles. The average Bonchev–Trinajstić information content (AvgIpc) is 2.36. The summed E-state index contributed by atoms with van der Waals surface area (Å²) in [7, 11) is 0. The van der Waals surface area contributed by atoms with Crippen molar-refractivity contribution in [3.05, 3.63) is 53.7 Å². The van der Waals surface area contributed by atoms with Crippen LogP contribution in [0.1, 0.15) is 0 Å². The summed E-state index contributed by atoms with van der Waals surface area (Å²) in [6.45, 7) is 0. The van der Waals surface area contributed by atoms with Crippen molar-refractivity contribution in [1.29, 1.82) is 0 Å². The zero-order valence-electron chi connectivity index (χ0n) is 8.82. The van der Waals surface area contributed by atoms with E-state index in [9.17, 15) is 15.4 Å². The molecule has 0 radical (unpaired) electrons. The summed E-state index contributed by atoms with van der Waals surface area (Å²) in [6, 6.07) is 12.6. The van der Waals surface area contributed by atoms with Gasteiger partial charge in [-0.3, -0.25) is 0 Å². The fraction of sp³-hybridized carbons (Fsp3) is 0. The number of azo groups is 1. The number of rotatable bonds is 2. The second-order valence-electron chi connectivity index (χ2n) is 3.35. The van der Waals surface area contributed by atoms with Gasteiger partial charge < -0.3 is 15.4 Å². The van der Waals surface area contributed by atoms with Crippen molar-refractivity contribution in [1.82, 2.24) is 0 Å². The van der Waals surface area contributed by atoms with E-state index in [4.69, 9.17) is 0 Å². The van der Waals surface area contributed by atoms with Crippen LogP contribution in [0.15, 0.2) is 53.6 Å². The molecule has 0 unspecified atom stereocenters. The van der Waals surface area contributed by atoms with Crippen molar-refractivity contribution < 1.29 is 15.1 Å². The fourth-order valence-electron chi connectivity index (χ4n) is 1.31. The molecule has 0 aliphatic rings. The number of nitrogens with zero attached hydrogens (tertiary/aromatic N) is 2. The first-order chi connectivity index (χ1) is 8.18. The lowest BCUT2D eigenvalue weighted by atomic mass is 10.3. The van der Waals surface area contributed by atoms with Gasteiger partial charge in [-0.05, 0) is 17.0 Å². The van der Waals surface area contributed by atoms with Gasteiger partial charge in [0.1, 0.15) is 0 Å². The molecule has 0 heterocycles. The monoisotopic (exact) mass is 230 g/mol. The fourth-order valence-corrected chi connectivity index (χ4v) is 1.31. The summed E-state index contributed by atoms with van der Waals surface area (Å²) in [4.78, 5) is 0.383. The van der Waals surface area contributed by atoms with Gasteiger partial charge in [0.15, 0.2) is 17.2 Å². The van der Waals surface area contributed by atoms with Gasteiger partial charge in [0, 0.05) is 17.2 Å². The Kier molecular flexibility index (Phi) is 2.91. The van der Waals surface area contributed by atoms with Gasteiger partial charge in [0.2, 0.25) is 5.69 Å². The smallest absolute Gasteiger partial charge is 0.244 e. The van der Waals surface area contributed by atoms with Crippen LogP contribution in [0, 0.1) is 5.21 Å². The number of hydrogen-bond donors (Lipinski definition) is 2. The first-order valence-corrected chi connectivity index (χ1v) is 4.93. The third-order valence-electron chi connectivity index (χ3n) is 2.17. The van der Waals surface area contributed by atoms with Crippen molar-refractivity contribution in [2.45, 2.75) is 0 Å². The standard InChI is InChI=1S/C12H10N2O3/c15-11-8-4-7-10(12(11)16)13-14(17)9-5-2-1-3-6-9/h1-8,15-16H. The van der Waals surface area contributed by atoms with E-state index in [2.05, 4.69) is 5.11 Å². The van der Waals surface area contributed by atoms with E-state index >= 15 is 0 Å². The molecule has 0 aromatic heterocycles. The lowest BCUT2D eigenvalue weighted by molar-refractivity contribution is -0.435. The maximum Gasteiger partial charge on any atom is 0.244 e. The maximum atomic E-state index is 11.6. The topological polar surface area (TPSA) is 78.9 Å². The van der Waals surface area contributed by atoms with Gasteiger partial charge in [0.25, 0.3) is 0 Å². The molecule has 2 rings (SSSR count). The third-order valence-corrected chi connectivity index (χ3v) is 2.17. The van der Waals surface area contributed by atoms with Gasteiger partial charge in [-0.15, -0.1) is 0 Å². The van der Waals surface area contributed by atoms with E-state index in [-0.39, 0.29) is 11.4 Å². The number of hydrogen-bond acceptors (Lipinski definition) is 4. The lowest BCUT2D eigenvalue weighted by Crippen LogP contribution is -1.89. The van der Waals surface area contributed by atoms with Crippen LogP contribution in [0.5, 0.6) is 11.5 Å². The SMILES string of the molecule is [O-][N+](=Nc1cccc(O)c1O)c1ccccc1. The van der Waals surface area contributed by atoms with E-state index in [1.807, 2.05) is 0 Å². The van der Waals surface area contributed by atoms with E-state index in [0.717, 1.165) is 0 Å². The van der Waals surface area contributed by atoms with E-state index in [1.165, 1.54) is 18.2 Å². The number of phenols is 2. The van der Waals surface area contributed by atoms with Gasteiger partial charge >= 0.3 is 0 Å². The Balaban J connectivity index is 2.40. The van der Waals surface area contributed by atoms with Crippen LogP contribution in [-0.2, 0) is 0 Å². The molecule has 0 saturated carbocycles. The molecule has 5 heteroatoms. The Morgan fingerprint density at radius 1 is 0.941 bits per heavy atom. The second kappa shape index (κ2) is 4.52. The highest BCUT2D eigenvalue weighted by Crippen LogP contribution is 2.35. The number of aromatic hydroxyl groups is 2. The van der Waals surface area contributed by atoms with Gasteiger partial charge in [-0.2, -0.15) is 0 Å². The summed E-state index contributed by atoms with van der Waals surface area (Å²) in [5.74, 6) is -0.725. The van der Waals surface area contributed by atoms with Crippen LogP contribution in [0.4, 0.5) is 11.4 Å². The van der Waals surface area contributed by atoms with Crippen molar-refractivity contribution >= 4 is 11.4 Å². The highest BCUT2D eigenvalue weighted by molar-refractivity contribution is 5.57. The summed E-state index contributed by atoms with van der Waals surface area (Å²) >= 11 is 0. The minimum atomic E-state index is -0.413. The van der Waals surface area contributed by atoms with Crippen molar-refractivity contribution in [2.24, 2.45) is 5.11 Å². The van der Waals surface area contributed by atoms with Gasteiger partial charge in [0.05, 0.1) is 0 Å². The Bertz CT molecular complexity index is 553. The highest BCUT2D eigenvalue weighted by atomic mass is 16.5. The molecule has 86 valence electrons. The number of phenolic OH excluding ortho intramolecular Hbond substituents is 2. The first kappa shape index (κ1) is 10.9. The van der Waals surface area contributed by atoms with Crippen LogP contribution in [0.3, 0.4) is 0 Å². The third kappa shape index (κ3) is 2.34. The molecule has 0 aliphatic carbocycles. The van der Waals surface area contributed by atoms with Crippen molar-refractivity contribution in [3.8, 4) is 11.5 Å². The Morgan fingerprint density at radius 3 is 2.35 bits per heavy atom. The normalized spacial score (nSPS) is 11.4. The Hall–Kier alpha value is -2.56. The second-order valence-corrected chi connectivity index (χ2v) is 3.35. The van der Waals surface area contributed by atoms with Crippen LogP contribution in [0.2, 0.25) is 0 Å². The van der Waals surface area contributed by atoms with Crippen molar-refractivity contribution in [2.75, 3.05) is 0 Å².